The predicted octanol–water partition coefficient (Wildman–Crippen LogP) is 1.89. The molecule has 2 heterocycles. The molecule has 0 radical (unpaired) electrons. The number of fused-ring (bicyclic) bond motifs is 1. The van der Waals surface area contributed by atoms with Gasteiger partial charge in [-0.2, -0.15) is 0 Å². The van der Waals surface area contributed by atoms with Crippen molar-refractivity contribution >= 4 is 33.5 Å². The molecule has 30 heavy (non-hydrogen) atoms. The molecule has 0 saturated carbocycles. The van der Waals surface area contributed by atoms with Gasteiger partial charge in [0.15, 0.2) is 0 Å². The Bertz CT molecular complexity index is 1150. The highest BCUT2D eigenvalue weighted by atomic mass is 32.1. The molecule has 0 amide bonds. The van der Waals surface area contributed by atoms with E-state index in [4.69, 9.17) is 14.2 Å². The van der Waals surface area contributed by atoms with Gasteiger partial charge in [-0.25, -0.2) is 4.79 Å². The number of nitrogens with one attached hydrogen (secondary N) is 1. The van der Waals surface area contributed by atoms with E-state index in [1.807, 2.05) is 30.3 Å². The maximum Gasteiger partial charge on any atom is 0.330 e. The summed E-state index contributed by atoms with van der Waals surface area (Å²) in [5.74, 6) is -1.03. The van der Waals surface area contributed by atoms with Crippen LogP contribution < -0.4 is 11.2 Å². The summed E-state index contributed by atoms with van der Waals surface area (Å²) >= 11 is 1.26. The van der Waals surface area contributed by atoms with Gasteiger partial charge >= 0.3 is 17.6 Å². The molecule has 0 saturated heterocycles. The van der Waals surface area contributed by atoms with E-state index in [2.05, 4.69) is 4.98 Å². The lowest BCUT2D eigenvalue weighted by molar-refractivity contribution is -0.154. The van der Waals surface area contributed by atoms with E-state index in [0.29, 0.717) is 10.2 Å². The number of H-pyrrole nitrogens is 1. The van der Waals surface area contributed by atoms with Crippen molar-refractivity contribution < 1.29 is 23.8 Å². The lowest BCUT2D eigenvalue weighted by Gasteiger charge is -2.18. The first-order valence-electron chi connectivity index (χ1n) is 9.05. The van der Waals surface area contributed by atoms with Crippen LogP contribution in [0.1, 0.15) is 13.8 Å². The summed E-state index contributed by atoms with van der Waals surface area (Å²) in [4.78, 5) is 50.0. The number of carbonyl (C=O) groups excluding carboxylic acids is 2. The molecule has 3 rings (SSSR count). The van der Waals surface area contributed by atoms with Gasteiger partial charge in [0.1, 0.15) is 30.7 Å². The molecule has 0 unspecified atom stereocenters. The van der Waals surface area contributed by atoms with Crippen LogP contribution in [0.25, 0.3) is 20.7 Å². The number of esters is 2. The van der Waals surface area contributed by atoms with Crippen LogP contribution in [0.15, 0.2) is 46.0 Å². The number of hydrogen-bond acceptors (Lipinski definition) is 8. The van der Waals surface area contributed by atoms with Gasteiger partial charge in [0, 0.05) is 18.7 Å². The normalized spacial score (nSPS) is 11.0. The van der Waals surface area contributed by atoms with Crippen molar-refractivity contribution in [2.24, 2.45) is 0 Å². The number of carbonyl (C=O) groups is 2. The lowest BCUT2D eigenvalue weighted by Crippen LogP contribution is -2.34. The first-order valence-corrected chi connectivity index (χ1v) is 9.87. The zero-order chi connectivity index (χ0) is 21.7. The van der Waals surface area contributed by atoms with E-state index in [0.717, 1.165) is 10.4 Å². The smallest absolute Gasteiger partial charge is 0.330 e. The van der Waals surface area contributed by atoms with Crippen molar-refractivity contribution in [3.05, 3.63) is 57.2 Å². The van der Waals surface area contributed by atoms with Crippen LogP contribution in [0.3, 0.4) is 0 Å². The second-order valence-electron chi connectivity index (χ2n) is 6.40. The van der Waals surface area contributed by atoms with Crippen LogP contribution in [-0.4, -0.2) is 40.8 Å². The van der Waals surface area contributed by atoms with Crippen molar-refractivity contribution in [1.82, 2.24) is 9.55 Å². The van der Waals surface area contributed by atoms with Gasteiger partial charge < -0.3 is 14.2 Å². The van der Waals surface area contributed by atoms with Crippen molar-refractivity contribution in [2.45, 2.75) is 26.7 Å². The molecule has 1 N–H and O–H groups in total. The van der Waals surface area contributed by atoms with Crippen LogP contribution in [-0.2, 0) is 30.5 Å². The molecule has 0 aliphatic carbocycles. The number of aromatic amines is 1. The molecule has 1 aromatic carbocycles. The van der Waals surface area contributed by atoms with Crippen molar-refractivity contribution in [3.63, 3.8) is 0 Å². The molecule has 0 aliphatic heterocycles. The number of rotatable bonds is 8. The number of benzene rings is 1. The van der Waals surface area contributed by atoms with Gasteiger partial charge in [0.25, 0.3) is 5.56 Å². The minimum absolute atomic E-state index is 0.150. The fraction of sp³-hybridized carbons (Fsp3) is 0.300. The zero-order valence-corrected chi connectivity index (χ0v) is 17.2. The van der Waals surface area contributed by atoms with Crippen LogP contribution in [0, 0.1) is 0 Å². The molecule has 2 aromatic heterocycles. The van der Waals surface area contributed by atoms with Crippen molar-refractivity contribution in [3.8, 4) is 10.4 Å². The van der Waals surface area contributed by atoms with Crippen LogP contribution >= 0.6 is 11.3 Å². The number of aromatic nitrogens is 2. The molecule has 158 valence electrons. The molecule has 0 bridgehead atoms. The largest absolute Gasteiger partial charge is 0.463 e. The van der Waals surface area contributed by atoms with Crippen LogP contribution in [0.5, 0.6) is 0 Å². The summed E-state index contributed by atoms with van der Waals surface area (Å²) in [5, 5.41) is 0. The monoisotopic (exact) mass is 432 g/mol. The van der Waals surface area contributed by atoms with Gasteiger partial charge in [-0.3, -0.25) is 23.9 Å². The summed E-state index contributed by atoms with van der Waals surface area (Å²) in [5.41, 5.74) is 0.227. The number of hydrogen-bond donors (Lipinski definition) is 1. The summed E-state index contributed by atoms with van der Waals surface area (Å²) in [7, 11) is 0. The molecule has 9 nitrogen and oxygen atoms in total. The molecular formula is C20H20N2O7S. The highest BCUT2D eigenvalue weighted by molar-refractivity contribution is 7.22. The van der Waals surface area contributed by atoms with E-state index in [1.54, 1.807) is 6.07 Å². The third-order valence-electron chi connectivity index (χ3n) is 4.12. The van der Waals surface area contributed by atoms with Gasteiger partial charge in [0.05, 0.1) is 5.52 Å². The average molecular weight is 432 g/mol. The first kappa shape index (κ1) is 21.5. The zero-order valence-electron chi connectivity index (χ0n) is 16.4. The minimum Gasteiger partial charge on any atom is -0.463 e. The molecular weight excluding hydrogens is 412 g/mol. The molecule has 0 atom stereocenters. The lowest BCUT2D eigenvalue weighted by atomic mass is 10.2. The maximum absolute atomic E-state index is 12.4. The predicted molar refractivity (Wildman–Crippen MR) is 110 cm³/mol. The molecule has 0 aliphatic rings. The van der Waals surface area contributed by atoms with E-state index in [9.17, 15) is 19.2 Å². The maximum atomic E-state index is 12.4. The number of nitrogens with zero attached hydrogens (tertiary/aromatic N) is 1. The van der Waals surface area contributed by atoms with Crippen LogP contribution in [0.2, 0.25) is 0 Å². The van der Waals surface area contributed by atoms with E-state index in [-0.39, 0.29) is 19.9 Å². The SMILES string of the molecule is CC(=O)OCC(COC(C)=O)OCn1c(=O)[nH]c(=O)c2sc(-c3ccccc3)cc21. The van der Waals surface area contributed by atoms with E-state index >= 15 is 0 Å². The third kappa shape index (κ3) is 5.22. The summed E-state index contributed by atoms with van der Waals surface area (Å²) in [6, 6.07) is 11.2. The van der Waals surface area contributed by atoms with Gasteiger partial charge in [0.2, 0.25) is 0 Å². The van der Waals surface area contributed by atoms with Crippen LogP contribution in [0.4, 0.5) is 0 Å². The summed E-state index contributed by atoms with van der Waals surface area (Å²) in [6.07, 6.45) is -0.779. The molecule has 0 spiro atoms. The van der Waals surface area contributed by atoms with Crippen molar-refractivity contribution in [1.29, 1.82) is 0 Å². The fourth-order valence-corrected chi connectivity index (χ4v) is 3.75. The molecule has 10 heteroatoms. The Balaban J connectivity index is 1.89. The Labute approximate surface area is 174 Å². The Hall–Kier alpha value is -3.24. The second kappa shape index (κ2) is 9.51. The van der Waals surface area contributed by atoms with Gasteiger partial charge in [-0.05, 0) is 11.6 Å². The number of thiophene rings is 1. The highest BCUT2D eigenvalue weighted by Crippen LogP contribution is 2.30. The topological polar surface area (TPSA) is 117 Å². The first-order chi connectivity index (χ1) is 14.3. The standard InChI is InChI=1S/C20H20N2O7S/c1-12(23)27-9-15(10-28-13(2)24)29-11-22-16-8-17(14-6-4-3-5-7-14)30-18(16)19(25)21-20(22)26/h3-8,15H,9-11H2,1-2H3,(H,21,25,26). The fourth-order valence-electron chi connectivity index (χ4n) is 2.69. The molecule has 0 fully saturated rings. The Morgan fingerprint density at radius 1 is 1.07 bits per heavy atom. The van der Waals surface area contributed by atoms with Gasteiger partial charge in [-0.1, -0.05) is 30.3 Å². The van der Waals surface area contributed by atoms with Gasteiger partial charge in [-0.15, -0.1) is 11.3 Å². The molecule has 3 aromatic rings. The second-order valence-corrected chi connectivity index (χ2v) is 7.45. The average Bonchev–Trinajstić information content (AvgIpc) is 3.15. The van der Waals surface area contributed by atoms with Crippen molar-refractivity contribution in [2.75, 3.05) is 13.2 Å². The Kier molecular flexibility index (Phi) is 6.80. The van der Waals surface area contributed by atoms with E-state index < -0.39 is 29.3 Å². The minimum atomic E-state index is -0.779. The Morgan fingerprint density at radius 2 is 1.70 bits per heavy atom. The van der Waals surface area contributed by atoms with E-state index in [1.165, 1.54) is 29.8 Å². The summed E-state index contributed by atoms with van der Waals surface area (Å²) in [6.45, 7) is 1.96. The number of ether oxygens (including phenoxy) is 3. The summed E-state index contributed by atoms with van der Waals surface area (Å²) < 4.78 is 17.2. The highest BCUT2D eigenvalue weighted by Gasteiger charge is 2.17. The quantitative estimate of drug-likeness (QED) is 0.540. The third-order valence-corrected chi connectivity index (χ3v) is 5.29. The Morgan fingerprint density at radius 3 is 2.30 bits per heavy atom.